The van der Waals surface area contributed by atoms with Gasteiger partial charge in [-0.25, -0.2) is 9.69 Å². The van der Waals surface area contributed by atoms with Crippen LogP contribution >= 0.6 is 0 Å². The van der Waals surface area contributed by atoms with Crippen molar-refractivity contribution in [3.8, 4) is 12.3 Å². The van der Waals surface area contributed by atoms with Crippen LogP contribution in [0, 0.1) is 19.3 Å². The van der Waals surface area contributed by atoms with Gasteiger partial charge < -0.3 is 10.6 Å². The molecule has 1 saturated heterocycles. The van der Waals surface area contributed by atoms with Crippen molar-refractivity contribution in [1.82, 2.24) is 5.32 Å². The molecule has 0 atom stereocenters. The van der Waals surface area contributed by atoms with Gasteiger partial charge in [0.15, 0.2) is 5.66 Å². The van der Waals surface area contributed by atoms with Crippen molar-refractivity contribution in [2.75, 3.05) is 16.8 Å². The molecule has 140 valence electrons. The molecule has 0 radical (unpaired) electrons. The van der Waals surface area contributed by atoms with E-state index in [1.54, 1.807) is 25.1 Å². The molecule has 2 heterocycles. The molecule has 0 aromatic heterocycles. The molecular weight excluding hydrogens is 346 g/mol. The van der Waals surface area contributed by atoms with E-state index >= 15 is 0 Å². The number of rotatable bonds is 7. The zero-order chi connectivity index (χ0) is 19.4. The third-order valence-electron chi connectivity index (χ3n) is 4.69. The van der Waals surface area contributed by atoms with Crippen molar-refractivity contribution in [1.29, 1.82) is 0 Å². The predicted molar refractivity (Wildman–Crippen MR) is 100 cm³/mol. The molecule has 1 aromatic carbocycles. The van der Waals surface area contributed by atoms with Crippen molar-refractivity contribution >= 4 is 29.2 Å². The van der Waals surface area contributed by atoms with Gasteiger partial charge >= 0.3 is 6.03 Å². The van der Waals surface area contributed by atoms with Crippen molar-refractivity contribution in [2.45, 2.75) is 44.7 Å². The Kier molecular flexibility index (Phi) is 5.21. The van der Waals surface area contributed by atoms with Gasteiger partial charge in [0.05, 0.1) is 5.69 Å². The minimum Gasteiger partial charge on any atom is -0.337 e. The molecule has 2 N–H and O–H groups in total. The fourth-order valence-electron chi connectivity index (χ4n) is 3.02. The summed E-state index contributed by atoms with van der Waals surface area (Å²) in [7, 11) is 0. The summed E-state index contributed by atoms with van der Waals surface area (Å²) in [5, 5.41) is 13.5. The first kappa shape index (κ1) is 18.6. The molecular formula is C19H21N5O3. The number of carbonyl (C=O) groups is 3. The van der Waals surface area contributed by atoms with Crippen LogP contribution in [0.4, 0.5) is 16.2 Å². The third kappa shape index (κ3) is 4.14. The maximum absolute atomic E-state index is 12.3. The highest BCUT2D eigenvalue weighted by atomic mass is 16.2. The quantitative estimate of drug-likeness (QED) is 0.724. The number of nitrogens with one attached hydrogen (secondary N) is 2. The smallest absolute Gasteiger partial charge is 0.328 e. The number of carbonyl (C=O) groups excluding carboxylic acids is 3. The van der Waals surface area contributed by atoms with Gasteiger partial charge in [0.1, 0.15) is 0 Å². The summed E-state index contributed by atoms with van der Waals surface area (Å²) < 4.78 is 0. The van der Waals surface area contributed by atoms with E-state index in [-0.39, 0.29) is 24.7 Å². The molecule has 1 aromatic rings. The second kappa shape index (κ2) is 7.58. The van der Waals surface area contributed by atoms with Gasteiger partial charge in [0, 0.05) is 44.3 Å². The fraction of sp³-hybridized carbons (Fsp3) is 0.421. The monoisotopic (exact) mass is 367 g/mol. The molecule has 3 rings (SSSR count). The molecule has 0 spiro atoms. The first-order valence-corrected chi connectivity index (χ1v) is 8.83. The Morgan fingerprint density at radius 2 is 2.15 bits per heavy atom. The Balaban J connectivity index is 1.65. The topological polar surface area (TPSA) is 103 Å². The van der Waals surface area contributed by atoms with Crippen LogP contribution in [0.25, 0.3) is 0 Å². The number of hydrogen-bond acceptors (Lipinski definition) is 5. The standard InChI is InChI=1S/C19H21N5O3/c1-3-4-10-19(22-23-19)11-8-16(25)21-14-6-5-7-15(13(14)2)24-17(26)9-12-20-18(24)27/h1,5-7H,4,8-12H2,2H3,(H,20,27)(H,21,25). The number of hydrogen-bond donors (Lipinski definition) is 2. The molecule has 8 heteroatoms. The van der Waals surface area contributed by atoms with E-state index in [4.69, 9.17) is 6.42 Å². The van der Waals surface area contributed by atoms with Gasteiger partial charge in [0.25, 0.3) is 0 Å². The number of urea groups is 1. The van der Waals surface area contributed by atoms with Gasteiger partial charge in [-0.05, 0) is 24.6 Å². The minimum absolute atomic E-state index is 0.179. The zero-order valence-corrected chi connectivity index (χ0v) is 15.1. The van der Waals surface area contributed by atoms with Crippen LogP contribution in [-0.2, 0) is 9.59 Å². The molecule has 8 nitrogen and oxygen atoms in total. The van der Waals surface area contributed by atoms with Crippen molar-refractivity contribution in [3.63, 3.8) is 0 Å². The number of benzene rings is 1. The second-order valence-electron chi connectivity index (χ2n) is 6.60. The van der Waals surface area contributed by atoms with E-state index in [0.717, 1.165) is 4.90 Å². The lowest BCUT2D eigenvalue weighted by molar-refractivity contribution is -0.118. The molecule has 2 aliphatic rings. The van der Waals surface area contributed by atoms with Gasteiger partial charge in [-0.1, -0.05) is 6.07 Å². The lowest BCUT2D eigenvalue weighted by atomic mass is 10.0. The van der Waals surface area contributed by atoms with Crippen LogP contribution in [0.5, 0.6) is 0 Å². The average Bonchev–Trinajstić information content (AvgIpc) is 3.41. The number of terminal acetylenes is 1. The summed E-state index contributed by atoms with van der Waals surface area (Å²) >= 11 is 0. The van der Waals surface area contributed by atoms with Crippen molar-refractivity contribution in [2.24, 2.45) is 10.2 Å². The van der Waals surface area contributed by atoms with Crippen LogP contribution < -0.4 is 15.5 Å². The van der Waals surface area contributed by atoms with E-state index in [1.807, 2.05) is 0 Å². The molecule has 0 unspecified atom stereocenters. The highest BCUT2D eigenvalue weighted by Crippen LogP contribution is 2.37. The maximum atomic E-state index is 12.3. The molecule has 4 amide bonds. The molecule has 0 aliphatic carbocycles. The van der Waals surface area contributed by atoms with Crippen LogP contribution in [0.15, 0.2) is 28.4 Å². The number of anilines is 2. The number of imide groups is 1. The number of nitrogens with zero attached hydrogens (tertiary/aromatic N) is 3. The Morgan fingerprint density at radius 1 is 1.37 bits per heavy atom. The summed E-state index contributed by atoms with van der Waals surface area (Å²) in [5.41, 5.74) is 1.18. The van der Waals surface area contributed by atoms with Crippen LogP contribution in [0.2, 0.25) is 0 Å². The fourth-order valence-corrected chi connectivity index (χ4v) is 3.02. The first-order chi connectivity index (χ1) is 13.0. The van der Waals surface area contributed by atoms with E-state index in [9.17, 15) is 14.4 Å². The third-order valence-corrected chi connectivity index (χ3v) is 4.69. The molecule has 0 saturated carbocycles. The summed E-state index contributed by atoms with van der Waals surface area (Å²) in [6, 6.07) is 4.67. The minimum atomic E-state index is -0.501. The van der Waals surface area contributed by atoms with E-state index in [0.29, 0.717) is 42.7 Å². The van der Waals surface area contributed by atoms with E-state index in [2.05, 4.69) is 26.8 Å². The molecule has 27 heavy (non-hydrogen) atoms. The summed E-state index contributed by atoms with van der Waals surface area (Å²) in [5.74, 6) is 2.11. The lowest BCUT2D eigenvalue weighted by Gasteiger charge is -2.27. The average molecular weight is 367 g/mol. The zero-order valence-electron chi connectivity index (χ0n) is 15.1. The normalized spacial score (nSPS) is 17.3. The van der Waals surface area contributed by atoms with Crippen LogP contribution in [0.1, 0.15) is 37.7 Å². The van der Waals surface area contributed by atoms with Crippen LogP contribution in [0.3, 0.4) is 0 Å². The van der Waals surface area contributed by atoms with Gasteiger partial charge in [-0.15, -0.1) is 12.3 Å². The SMILES string of the molecule is C#CCCC1(CCC(=O)Nc2cccc(N3C(=O)CCNC3=O)c2C)N=N1. The summed E-state index contributed by atoms with van der Waals surface area (Å²) in [6.45, 7) is 2.10. The molecule has 2 aliphatic heterocycles. The van der Waals surface area contributed by atoms with Gasteiger partial charge in [-0.2, -0.15) is 10.2 Å². The highest BCUT2D eigenvalue weighted by molar-refractivity contribution is 6.16. The van der Waals surface area contributed by atoms with E-state index < -0.39 is 11.7 Å². The maximum Gasteiger partial charge on any atom is 0.328 e. The summed E-state index contributed by atoms with van der Waals surface area (Å²) in [6.07, 6.45) is 7.49. The Bertz CT molecular complexity index is 833. The van der Waals surface area contributed by atoms with Crippen molar-refractivity contribution < 1.29 is 14.4 Å². The molecule has 0 bridgehead atoms. The Labute approximate surface area is 157 Å². The summed E-state index contributed by atoms with van der Waals surface area (Å²) in [4.78, 5) is 37.7. The van der Waals surface area contributed by atoms with E-state index in [1.165, 1.54) is 0 Å². The van der Waals surface area contributed by atoms with Crippen LogP contribution in [-0.4, -0.2) is 30.1 Å². The van der Waals surface area contributed by atoms with Gasteiger partial charge in [-0.3, -0.25) is 9.59 Å². The second-order valence-corrected chi connectivity index (χ2v) is 6.60. The lowest BCUT2D eigenvalue weighted by Crippen LogP contribution is -2.50. The van der Waals surface area contributed by atoms with Crippen molar-refractivity contribution in [3.05, 3.63) is 23.8 Å². The molecule has 1 fully saturated rings. The first-order valence-electron chi connectivity index (χ1n) is 8.83. The Hall–Kier alpha value is -3.21. The van der Waals surface area contributed by atoms with Gasteiger partial charge in [0.2, 0.25) is 11.8 Å². The predicted octanol–water partition coefficient (Wildman–Crippen LogP) is 2.74. The Morgan fingerprint density at radius 3 is 2.81 bits per heavy atom. The largest absolute Gasteiger partial charge is 0.337 e. The number of amides is 4. The highest BCUT2D eigenvalue weighted by Gasteiger charge is 2.39.